The van der Waals surface area contributed by atoms with E-state index in [1.54, 1.807) is 20.2 Å². The smallest absolute Gasteiger partial charge is 0.253 e. The lowest BCUT2D eigenvalue weighted by atomic mass is 10.1. The Morgan fingerprint density at radius 3 is 2.22 bits per heavy atom. The number of hydrogen-bond acceptors (Lipinski definition) is 3. The Hall–Kier alpha value is -2.62. The van der Waals surface area contributed by atoms with Gasteiger partial charge in [0.25, 0.3) is 11.8 Å². The first kappa shape index (κ1) is 27.4. The summed E-state index contributed by atoms with van der Waals surface area (Å²) in [5.41, 5.74) is 3.51. The van der Waals surface area contributed by atoms with E-state index >= 15 is 0 Å². The van der Waals surface area contributed by atoms with Gasteiger partial charge in [0.05, 0.1) is 0 Å². The molecule has 8 heteroatoms. The molecule has 174 valence electrons. The summed E-state index contributed by atoms with van der Waals surface area (Å²) in [7, 11) is 3.36. The first-order valence-electron chi connectivity index (χ1n) is 10.7. The second-order valence-electron chi connectivity index (χ2n) is 7.06. The van der Waals surface area contributed by atoms with Gasteiger partial charge in [-0.05, 0) is 55.7 Å². The van der Waals surface area contributed by atoms with E-state index in [4.69, 9.17) is 0 Å². The highest BCUT2D eigenvalue weighted by molar-refractivity contribution is 14.0. The van der Waals surface area contributed by atoms with Crippen LogP contribution < -0.4 is 16.0 Å². The molecule has 0 aliphatic rings. The van der Waals surface area contributed by atoms with Crippen LogP contribution in [-0.4, -0.2) is 56.4 Å². The van der Waals surface area contributed by atoms with Crippen LogP contribution in [0.5, 0.6) is 0 Å². The average Bonchev–Trinajstić information content (AvgIpc) is 2.82. The number of carbonyl (C=O) groups is 2. The van der Waals surface area contributed by atoms with Crippen LogP contribution in [0.25, 0.3) is 0 Å². The highest BCUT2D eigenvalue weighted by Gasteiger charge is 2.12. The summed E-state index contributed by atoms with van der Waals surface area (Å²) >= 11 is 0. The Balaban J connectivity index is 0.00000512. The van der Waals surface area contributed by atoms with E-state index in [2.05, 4.69) is 20.9 Å². The Bertz CT molecular complexity index is 896. The topological polar surface area (TPSA) is 85.8 Å². The molecule has 0 saturated heterocycles. The van der Waals surface area contributed by atoms with Crippen molar-refractivity contribution < 1.29 is 9.59 Å². The zero-order valence-electron chi connectivity index (χ0n) is 19.3. The molecule has 0 atom stereocenters. The van der Waals surface area contributed by atoms with Gasteiger partial charge in [-0.25, -0.2) is 0 Å². The Morgan fingerprint density at radius 1 is 0.938 bits per heavy atom. The van der Waals surface area contributed by atoms with Crippen molar-refractivity contribution in [2.24, 2.45) is 4.99 Å². The third kappa shape index (κ3) is 8.14. The molecule has 32 heavy (non-hydrogen) atoms. The third-order valence-corrected chi connectivity index (χ3v) is 5.06. The Morgan fingerprint density at radius 2 is 1.62 bits per heavy atom. The number of hydrogen-bond donors (Lipinski definition) is 3. The van der Waals surface area contributed by atoms with Gasteiger partial charge < -0.3 is 20.9 Å². The standard InChI is InChI=1S/C24H33N5O2.HI/c1-5-29(6-2)23(31)20-12-10-19(11-13-20)17-28-24(26-4)27-15-14-18-8-7-9-21(16-18)22(30)25-3;/h7-13,16H,5-6,14-15,17H2,1-4H3,(H,25,30)(H2,26,27,28);1H. The molecule has 0 radical (unpaired) electrons. The summed E-state index contributed by atoms with van der Waals surface area (Å²) in [4.78, 5) is 30.2. The lowest BCUT2D eigenvalue weighted by Crippen LogP contribution is -2.37. The fourth-order valence-electron chi connectivity index (χ4n) is 3.20. The fourth-order valence-corrected chi connectivity index (χ4v) is 3.20. The maximum absolute atomic E-state index is 12.4. The maximum Gasteiger partial charge on any atom is 0.253 e. The van der Waals surface area contributed by atoms with Crippen LogP contribution in [0.15, 0.2) is 53.5 Å². The molecule has 2 amide bonds. The highest BCUT2D eigenvalue weighted by atomic mass is 127. The van der Waals surface area contributed by atoms with E-state index in [0.717, 1.165) is 17.5 Å². The van der Waals surface area contributed by atoms with Gasteiger partial charge in [0, 0.05) is 51.4 Å². The average molecular weight is 551 g/mol. The third-order valence-electron chi connectivity index (χ3n) is 5.06. The van der Waals surface area contributed by atoms with Crippen LogP contribution in [0.3, 0.4) is 0 Å². The van der Waals surface area contributed by atoms with Crippen LogP contribution in [-0.2, 0) is 13.0 Å². The minimum absolute atomic E-state index is 0. The number of aliphatic imine (C=N–C) groups is 1. The van der Waals surface area contributed by atoms with Gasteiger partial charge in [-0.1, -0.05) is 24.3 Å². The number of benzene rings is 2. The number of amides is 2. The molecular weight excluding hydrogens is 517 g/mol. The van der Waals surface area contributed by atoms with E-state index in [1.807, 2.05) is 61.2 Å². The maximum atomic E-state index is 12.4. The number of rotatable bonds is 9. The molecule has 0 spiro atoms. The summed E-state index contributed by atoms with van der Waals surface area (Å²) in [5, 5.41) is 9.21. The molecule has 0 aliphatic carbocycles. The normalized spacial score (nSPS) is 10.7. The molecule has 0 aromatic heterocycles. The largest absolute Gasteiger partial charge is 0.356 e. The van der Waals surface area contributed by atoms with Gasteiger partial charge in [0.15, 0.2) is 5.96 Å². The lowest BCUT2D eigenvalue weighted by molar-refractivity contribution is 0.0772. The Kier molecular flexibility index (Phi) is 12.4. The molecule has 2 aromatic rings. The predicted octanol–water partition coefficient (Wildman–Crippen LogP) is 3.05. The summed E-state index contributed by atoms with van der Waals surface area (Å²) in [6.07, 6.45) is 0.772. The molecule has 0 fully saturated rings. The Labute approximate surface area is 208 Å². The fraction of sp³-hybridized carbons (Fsp3) is 0.375. The van der Waals surface area contributed by atoms with Gasteiger partial charge in [-0.2, -0.15) is 0 Å². The van der Waals surface area contributed by atoms with Crippen molar-refractivity contribution in [3.63, 3.8) is 0 Å². The molecular formula is C24H34IN5O2. The molecule has 7 nitrogen and oxygen atoms in total. The number of carbonyl (C=O) groups excluding carboxylic acids is 2. The molecule has 0 unspecified atom stereocenters. The van der Waals surface area contributed by atoms with Crippen LogP contribution in [0, 0.1) is 0 Å². The van der Waals surface area contributed by atoms with Crippen molar-refractivity contribution in [2.45, 2.75) is 26.8 Å². The van der Waals surface area contributed by atoms with Crippen molar-refractivity contribution in [3.05, 3.63) is 70.8 Å². The molecule has 0 bridgehead atoms. The molecule has 2 aromatic carbocycles. The van der Waals surface area contributed by atoms with Crippen molar-refractivity contribution >= 4 is 41.8 Å². The van der Waals surface area contributed by atoms with Crippen molar-refractivity contribution in [2.75, 3.05) is 33.7 Å². The number of nitrogens with zero attached hydrogens (tertiary/aromatic N) is 2. The van der Waals surface area contributed by atoms with E-state index in [0.29, 0.717) is 43.3 Å². The highest BCUT2D eigenvalue weighted by Crippen LogP contribution is 2.08. The van der Waals surface area contributed by atoms with Crippen LogP contribution in [0.4, 0.5) is 0 Å². The number of guanidine groups is 1. The predicted molar refractivity (Wildman–Crippen MR) is 141 cm³/mol. The van der Waals surface area contributed by atoms with Gasteiger partial charge >= 0.3 is 0 Å². The molecule has 0 heterocycles. The van der Waals surface area contributed by atoms with Gasteiger partial charge in [0.1, 0.15) is 0 Å². The first-order chi connectivity index (χ1) is 15.0. The summed E-state index contributed by atoms with van der Waals surface area (Å²) < 4.78 is 0. The van der Waals surface area contributed by atoms with Crippen LogP contribution >= 0.6 is 24.0 Å². The number of halogens is 1. The van der Waals surface area contributed by atoms with Gasteiger partial charge in [-0.3, -0.25) is 14.6 Å². The minimum atomic E-state index is -0.0860. The molecule has 2 rings (SSSR count). The summed E-state index contributed by atoms with van der Waals surface area (Å²) in [5.74, 6) is 0.672. The summed E-state index contributed by atoms with van der Waals surface area (Å²) in [6.45, 7) is 6.67. The van der Waals surface area contributed by atoms with Gasteiger partial charge in [-0.15, -0.1) is 24.0 Å². The quantitative estimate of drug-likeness (QED) is 0.254. The molecule has 3 N–H and O–H groups in total. The van der Waals surface area contributed by atoms with Crippen LogP contribution in [0.1, 0.15) is 45.7 Å². The van der Waals surface area contributed by atoms with E-state index in [9.17, 15) is 9.59 Å². The minimum Gasteiger partial charge on any atom is -0.356 e. The first-order valence-corrected chi connectivity index (χ1v) is 10.7. The molecule has 0 aliphatic heterocycles. The van der Waals surface area contributed by atoms with E-state index < -0.39 is 0 Å². The van der Waals surface area contributed by atoms with Crippen molar-refractivity contribution in [1.29, 1.82) is 0 Å². The van der Waals surface area contributed by atoms with E-state index in [-0.39, 0.29) is 35.8 Å². The SMILES string of the molecule is CCN(CC)C(=O)c1ccc(CNC(=NC)NCCc2cccc(C(=O)NC)c2)cc1.I. The second kappa shape index (κ2) is 14.4. The second-order valence-corrected chi connectivity index (χ2v) is 7.06. The molecule has 0 saturated carbocycles. The van der Waals surface area contributed by atoms with Crippen molar-refractivity contribution in [1.82, 2.24) is 20.9 Å². The van der Waals surface area contributed by atoms with Crippen molar-refractivity contribution in [3.8, 4) is 0 Å². The number of nitrogens with one attached hydrogen (secondary N) is 3. The van der Waals surface area contributed by atoms with E-state index in [1.165, 1.54) is 0 Å². The zero-order valence-corrected chi connectivity index (χ0v) is 21.6. The zero-order chi connectivity index (χ0) is 22.6. The lowest BCUT2D eigenvalue weighted by Gasteiger charge is -2.18. The monoisotopic (exact) mass is 551 g/mol. The summed E-state index contributed by atoms with van der Waals surface area (Å²) in [6, 6.07) is 15.3. The van der Waals surface area contributed by atoms with Crippen LogP contribution in [0.2, 0.25) is 0 Å². The van der Waals surface area contributed by atoms with Gasteiger partial charge in [0.2, 0.25) is 0 Å².